The summed E-state index contributed by atoms with van der Waals surface area (Å²) >= 11 is 0. The van der Waals surface area contributed by atoms with E-state index in [1.54, 1.807) is 0 Å². The van der Waals surface area contributed by atoms with Gasteiger partial charge < -0.3 is 0 Å². The Kier molecular flexibility index (Phi) is 5.38. The molecule has 0 N–H and O–H groups in total. The Morgan fingerprint density at radius 2 is 1.80 bits per heavy atom. The summed E-state index contributed by atoms with van der Waals surface area (Å²) in [5.74, 6) is 1.57. The smallest absolute Gasteiger partial charge is 0.0265 e. The van der Waals surface area contributed by atoms with Gasteiger partial charge in [0.1, 0.15) is 0 Å². The van der Waals surface area contributed by atoms with Gasteiger partial charge in [0.05, 0.1) is 0 Å². The minimum Gasteiger partial charge on any atom is -0.0880 e. The SMILES string of the molecule is CCC(C)/C=C/CC(C)C. The molecule has 0 rings (SSSR count). The first-order chi connectivity index (χ1) is 4.66. The molecule has 0 fully saturated rings. The Morgan fingerprint density at radius 3 is 2.20 bits per heavy atom. The highest BCUT2D eigenvalue weighted by Gasteiger charge is 1.91. The van der Waals surface area contributed by atoms with Crippen LogP contribution in [-0.4, -0.2) is 0 Å². The van der Waals surface area contributed by atoms with Crippen LogP contribution in [-0.2, 0) is 0 Å². The molecule has 0 aliphatic heterocycles. The van der Waals surface area contributed by atoms with Crippen molar-refractivity contribution in [3.63, 3.8) is 0 Å². The van der Waals surface area contributed by atoms with Crippen LogP contribution in [0.1, 0.15) is 40.5 Å². The fraction of sp³-hybridized carbons (Fsp3) is 0.800. The Hall–Kier alpha value is -0.260. The summed E-state index contributed by atoms with van der Waals surface area (Å²) in [4.78, 5) is 0. The molecule has 0 aromatic carbocycles. The van der Waals surface area contributed by atoms with Crippen LogP contribution in [0.2, 0.25) is 0 Å². The highest BCUT2D eigenvalue weighted by Crippen LogP contribution is 2.05. The zero-order valence-corrected chi connectivity index (χ0v) is 7.72. The Balaban J connectivity index is 3.36. The fourth-order valence-electron chi connectivity index (χ4n) is 0.719. The first kappa shape index (κ1) is 9.74. The van der Waals surface area contributed by atoms with Gasteiger partial charge in [-0.25, -0.2) is 0 Å². The summed E-state index contributed by atoms with van der Waals surface area (Å²) in [5, 5.41) is 0. The second-order valence-electron chi connectivity index (χ2n) is 3.44. The van der Waals surface area contributed by atoms with Crippen LogP contribution in [0.3, 0.4) is 0 Å². The summed E-state index contributed by atoms with van der Waals surface area (Å²) in [6, 6.07) is 0. The van der Waals surface area contributed by atoms with Crippen LogP contribution in [0.5, 0.6) is 0 Å². The predicted molar refractivity (Wildman–Crippen MR) is 48.1 cm³/mol. The topological polar surface area (TPSA) is 0 Å². The van der Waals surface area contributed by atoms with Crippen LogP contribution in [0.25, 0.3) is 0 Å². The third-order valence-electron chi connectivity index (χ3n) is 1.72. The molecule has 0 bridgehead atoms. The van der Waals surface area contributed by atoms with E-state index in [1.165, 1.54) is 12.8 Å². The van der Waals surface area contributed by atoms with E-state index in [1.807, 2.05) is 0 Å². The molecule has 0 radical (unpaired) electrons. The van der Waals surface area contributed by atoms with Gasteiger partial charge >= 0.3 is 0 Å². The number of hydrogen-bond donors (Lipinski definition) is 0. The maximum absolute atomic E-state index is 2.32. The minimum absolute atomic E-state index is 0.763. The van der Waals surface area contributed by atoms with Crippen LogP contribution in [0.15, 0.2) is 12.2 Å². The Morgan fingerprint density at radius 1 is 1.20 bits per heavy atom. The molecule has 0 nitrogen and oxygen atoms in total. The van der Waals surface area contributed by atoms with Gasteiger partial charge in [0.25, 0.3) is 0 Å². The average Bonchev–Trinajstić information content (AvgIpc) is 1.87. The van der Waals surface area contributed by atoms with Gasteiger partial charge in [-0.1, -0.05) is 46.3 Å². The number of hydrogen-bond acceptors (Lipinski definition) is 0. The van der Waals surface area contributed by atoms with Gasteiger partial charge in [-0.05, 0) is 18.3 Å². The first-order valence-electron chi connectivity index (χ1n) is 4.33. The lowest BCUT2D eigenvalue weighted by molar-refractivity contribution is 0.648. The molecule has 60 valence electrons. The highest BCUT2D eigenvalue weighted by atomic mass is 14.0. The Labute approximate surface area is 65.3 Å². The Bertz CT molecular complexity index is 90.2. The summed E-state index contributed by atoms with van der Waals surface area (Å²) < 4.78 is 0. The second kappa shape index (κ2) is 5.52. The number of rotatable bonds is 4. The molecule has 0 aromatic rings. The van der Waals surface area contributed by atoms with Crippen LogP contribution < -0.4 is 0 Å². The molecule has 1 atom stereocenters. The number of allylic oxidation sites excluding steroid dienone is 2. The lowest BCUT2D eigenvalue weighted by Crippen LogP contribution is -1.86. The van der Waals surface area contributed by atoms with E-state index in [9.17, 15) is 0 Å². The van der Waals surface area contributed by atoms with Gasteiger partial charge in [0.15, 0.2) is 0 Å². The minimum atomic E-state index is 0.763. The molecular formula is C10H20. The van der Waals surface area contributed by atoms with Crippen LogP contribution >= 0.6 is 0 Å². The monoisotopic (exact) mass is 140 g/mol. The van der Waals surface area contributed by atoms with Crippen molar-refractivity contribution in [2.24, 2.45) is 11.8 Å². The molecule has 0 aromatic heterocycles. The van der Waals surface area contributed by atoms with E-state index in [4.69, 9.17) is 0 Å². The van der Waals surface area contributed by atoms with E-state index in [2.05, 4.69) is 39.8 Å². The van der Waals surface area contributed by atoms with Gasteiger partial charge in [-0.3, -0.25) is 0 Å². The standard InChI is InChI=1S/C10H20/c1-5-10(4)8-6-7-9(2)3/h6,8-10H,5,7H2,1-4H3/b8-6+. The van der Waals surface area contributed by atoms with E-state index in [0.29, 0.717) is 0 Å². The molecule has 10 heavy (non-hydrogen) atoms. The largest absolute Gasteiger partial charge is 0.0880 e. The molecule has 0 aliphatic rings. The average molecular weight is 140 g/mol. The zero-order valence-electron chi connectivity index (χ0n) is 7.72. The fourth-order valence-corrected chi connectivity index (χ4v) is 0.719. The normalized spacial score (nSPS) is 14.9. The lowest BCUT2D eigenvalue weighted by atomic mass is 10.1. The van der Waals surface area contributed by atoms with E-state index in [0.717, 1.165) is 11.8 Å². The van der Waals surface area contributed by atoms with Crippen molar-refractivity contribution in [3.05, 3.63) is 12.2 Å². The van der Waals surface area contributed by atoms with E-state index in [-0.39, 0.29) is 0 Å². The van der Waals surface area contributed by atoms with Crippen molar-refractivity contribution in [2.75, 3.05) is 0 Å². The van der Waals surface area contributed by atoms with E-state index < -0.39 is 0 Å². The van der Waals surface area contributed by atoms with Crippen molar-refractivity contribution in [2.45, 2.75) is 40.5 Å². The van der Waals surface area contributed by atoms with E-state index >= 15 is 0 Å². The summed E-state index contributed by atoms with van der Waals surface area (Å²) in [5.41, 5.74) is 0. The summed E-state index contributed by atoms with van der Waals surface area (Å²) in [7, 11) is 0. The summed E-state index contributed by atoms with van der Waals surface area (Å²) in [6.45, 7) is 8.99. The van der Waals surface area contributed by atoms with Crippen molar-refractivity contribution >= 4 is 0 Å². The molecule has 1 unspecified atom stereocenters. The molecule has 0 amide bonds. The van der Waals surface area contributed by atoms with Gasteiger partial charge in [-0.2, -0.15) is 0 Å². The van der Waals surface area contributed by atoms with Crippen molar-refractivity contribution in [1.82, 2.24) is 0 Å². The molecule has 0 spiro atoms. The molecule has 0 saturated carbocycles. The molecule has 0 saturated heterocycles. The molecular weight excluding hydrogens is 120 g/mol. The molecule has 0 heteroatoms. The third-order valence-corrected chi connectivity index (χ3v) is 1.72. The van der Waals surface area contributed by atoms with Crippen LogP contribution in [0.4, 0.5) is 0 Å². The maximum Gasteiger partial charge on any atom is -0.0265 e. The molecule has 0 aliphatic carbocycles. The van der Waals surface area contributed by atoms with Crippen molar-refractivity contribution in [3.8, 4) is 0 Å². The zero-order chi connectivity index (χ0) is 7.98. The second-order valence-corrected chi connectivity index (χ2v) is 3.44. The van der Waals surface area contributed by atoms with Crippen LogP contribution in [0, 0.1) is 11.8 Å². The lowest BCUT2D eigenvalue weighted by Gasteiger charge is -2.00. The van der Waals surface area contributed by atoms with Crippen molar-refractivity contribution < 1.29 is 0 Å². The highest BCUT2D eigenvalue weighted by molar-refractivity contribution is 4.86. The first-order valence-corrected chi connectivity index (χ1v) is 4.33. The van der Waals surface area contributed by atoms with Gasteiger partial charge in [-0.15, -0.1) is 0 Å². The van der Waals surface area contributed by atoms with Crippen molar-refractivity contribution in [1.29, 1.82) is 0 Å². The predicted octanol–water partition coefficient (Wildman–Crippen LogP) is 3.63. The van der Waals surface area contributed by atoms with Gasteiger partial charge in [0.2, 0.25) is 0 Å². The third kappa shape index (κ3) is 5.87. The van der Waals surface area contributed by atoms with Gasteiger partial charge in [0, 0.05) is 0 Å². The quantitative estimate of drug-likeness (QED) is 0.523. The maximum atomic E-state index is 2.32. The molecule has 0 heterocycles. The summed E-state index contributed by atoms with van der Waals surface area (Å²) in [6.07, 6.45) is 7.11.